The van der Waals surface area contributed by atoms with Crippen molar-refractivity contribution in [3.63, 3.8) is 0 Å². The molecule has 0 aliphatic heterocycles. The fourth-order valence-electron chi connectivity index (χ4n) is 0.998. The fraction of sp³-hybridized carbons (Fsp3) is 0.750. The van der Waals surface area contributed by atoms with Crippen molar-refractivity contribution in [2.24, 2.45) is 5.92 Å². The Labute approximate surface area is 62.8 Å². The van der Waals surface area contributed by atoms with Gasteiger partial charge in [0.15, 0.2) is 0 Å². The van der Waals surface area contributed by atoms with E-state index >= 15 is 0 Å². The molecular formula is C8H14S. The molecule has 1 heteroatoms. The third kappa shape index (κ3) is 2.44. The van der Waals surface area contributed by atoms with Crippen LogP contribution >= 0.6 is 12.6 Å². The van der Waals surface area contributed by atoms with Gasteiger partial charge in [0.2, 0.25) is 0 Å². The van der Waals surface area contributed by atoms with Gasteiger partial charge < -0.3 is 0 Å². The molecule has 0 unspecified atom stereocenters. The van der Waals surface area contributed by atoms with Gasteiger partial charge in [-0.15, -0.1) is 0 Å². The predicted molar refractivity (Wildman–Crippen MR) is 45.0 cm³/mol. The normalized spacial score (nSPS) is 20.4. The number of hydrogen-bond acceptors (Lipinski definition) is 1. The molecule has 1 rings (SSSR count). The van der Waals surface area contributed by atoms with Crippen molar-refractivity contribution in [2.45, 2.75) is 26.2 Å². The number of rotatable bonds is 3. The van der Waals surface area contributed by atoms with Gasteiger partial charge in [-0.2, -0.15) is 12.6 Å². The highest BCUT2D eigenvalue weighted by Gasteiger charge is 2.22. The SMILES string of the molecule is C/C(=C\CCS)C1CC1. The third-order valence-corrected chi connectivity index (χ3v) is 2.07. The van der Waals surface area contributed by atoms with Crippen molar-refractivity contribution in [1.82, 2.24) is 0 Å². The van der Waals surface area contributed by atoms with Gasteiger partial charge in [-0.05, 0) is 37.9 Å². The Kier molecular flexibility index (Phi) is 2.65. The Balaban J connectivity index is 2.20. The van der Waals surface area contributed by atoms with Crippen LogP contribution in [0.3, 0.4) is 0 Å². The molecule has 52 valence electrons. The second kappa shape index (κ2) is 3.31. The van der Waals surface area contributed by atoms with E-state index in [0.717, 1.165) is 18.1 Å². The predicted octanol–water partition coefficient (Wildman–Crippen LogP) is 2.66. The average molecular weight is 142 g/mol. The molecule has 9 heavy (non-hydrogen) atoms. The van der Waals surface area contributed by atoms with Crippen LogP contribution in [0.15, 0.2) is 11.6 Å². The maximum Gasteiger partial charge on any atom is -0.00632 e. The topological polar surface area (TPSA) is 0 Å². The summed E-state index contributed by atoms with van der Waals surface area (Å²) in [6.45, 7) is 2.24. The van der Waals surface area contributed by atoms with Crippen LogP contribution in [0.5, 0.6) is 0 Å². The maximum atomic E-state index is 4.14. The first-order valence-corrected chi connectivity index (χ1v) is 4.25. The van der Waals surface area contributed by atoms with Gasteiger partial charge in [0.05, 0.1) is 0 Å². The minimum atomic E-state index is 0.949. The summed E-state index contributed by atoms with van der Waals surface area (Å²) in [7, 11) is 0. The van der Waals surface area contributed by atoms with Crippen molar-refractivity contribution in [2.75, 3.05) is 5.75 Å². The summed E-state index contributed by atoms with van der Waals surface area (Å²) in [5, 5.41) is 0. The van der Waals surface area contributed by atoms with Crippen LogP contribution < -0.4 is 0 Å². The zero-order chi connectivity index (χ0) is 6.69. The van der Waals surface area contributed by atoms with Gasteiger partial charge in [-0.25, -0.2) is 0 Å². The molecule has 1 saturated carbocycles. The lowest BCUT2D eigenvalue weighted by Gasteiger charge is -1.93. The Hall–Kier alpha value is 0.0900. The lowest BCUT2D eigenvalue weighted by molar-refractivity contribution is 0.983. The lowest BCUT2D eigenvalue weighted by Crippen LogP contribution is -1.78. The van der Waals surface area contributed by atoms with Crippen molar-refractivity contribution < 1.29 is 0 Å². The lowest BCUT2D eigenvalue weighted by atomic mass is 10.2. The van der Waals surface area contributed by atoms with E-state index in [0.29, 0.717) is 0 Å². The van der Waals surface area contributed by atoms with Gasteiger partial charge >= 0.3 is 0 Å². The third-order valence-electron chi connectivity index (χ3n) is 1.82. The quantitative estimate of drug-likeness (QED) is 0.454. The van der Waals surface area contributed by atoms with Crippen molar-refractivity contribution >= 4 is 12.6 Å². The molecule has 0 aromatic carbocycles. The zero-order valence-electron chi connectivity index (χ0n) is 5.93. The minimum absolute atomic E-state index is 0.949. The molecule has 0 heterocycles. The summed E-state index contributed by atoms with van der Waals surface area (Å²) >= 11 is 4.14. The number of allylic oxidation sites excluding steroid dienone is 2. The molecule has 0 saturated heterocycles. The summed E-state index contributed by atoms with van der Waals surface area (Å²) in [5.41, 5.74) is 1.59. The molecule has 1 fully saturated rings. The molecule has 0 N–H and O–H groups in total. The molecule has 0 radical (unpaired) electrons. The van der Waals surface area contributed by atoms with Gasteiger partial charge in [0.25, 0.3) is 0 Å². The highest BCUT2D eigenvalue weighted by atomic mass is 32.1. The standard InChI is InChI=1S/C8H14S/c1-7(3-2-6-9)8-4-5-8/h3,8-9H,2,4-6H2,1H3/b7-3+. The number of hydrogen-bond donors (Lipinski definition) is 1. The van der Waals surface area contributed by atoms with Gasteiger partial charge in [-0.3, -0.25) is 0 Å². The average Bonchev–Trinajstić information content (AvgIpc) is 2.63. The summed E-state index contributed by atoms with van der Waals surface area (Å²) in [6.07, 6.45) is 6.32. The Morgan fingerprint density at radius 1 is 1.67 bits per heavy atom. The molecule has 0 bridgehead atoms. The number of thiol groups is 1. The fourth-order valence-corrected chi connectivity index (χ4v) is 1.13. The summed E-state index contributed by atoms with van der Waals surface area (Å²) < 4.78 is 0. The van der Waals surface area contributed by atoms with Crippen molar-refractivity contribution in [1.29, 1.82) is 0 Å². The molecular weight excluding hydrogens is 128 g/mol. The largest absolute Gasteiger partial charge is 0.179 e. The highest BCUT2D eigenvalue weighted by molar-refractivity contribution is 7.80. The maximum absolute atomic E-state index is 4.14. The zero-order valence-corrected chi connectivity index (χ0v) is 6.82. The first kappa shape index (κ1) is 7.20. The molecule has 0 amide bonds. The molecule has 0 atom stereocenters. The first-order valence-electron chi connectivity index (χ1n) is 3.62. The first-order chi connectivity index (χ1) is 4.34. The molecule has 0 aromatic rings. The second-order valence-corrected chi connectivity index (χ2v) is 3.18. The van der Waals surface area contributed by atoms with E-state index in [4.69, 9.17) is 0 Å². The minimum Gasteiger partial charge on any atom is -0.179 e. The van der Waals surface area contributed by atoms with E-state index in [1.165, 1.54) is 12.8 Å². The molecule has 1 aliphatic rings. The highest BCUT2D eigenvalue weighted by Crippen LogP contribution is 2.36. The van der Waals surface area contributed by atoms with Crippen LogP contribution in [0.1, 0.15) is 26.2 Å². The van der Waals surface area contributed by atoms with E-state index < -0.39 is 0 Å². The van der Waals surface area contributed by atoms with E-state index in [-0.39, 0.29) is 0 Å². The van der Waals surface area contributed by atoms with Gasteiger partial charge in [0.1, 0.15) is 0 Å². The van der Waals surface area contributed by atoms with Crippen LogP contribution in [-0.4, -0.2) is 5.75 Å². The van der Waals surface area contributed by atoms with E-state index in [9.17, 15) is 0 Å². The molecule has 0 aromatic heterocycles. The van der Waals surface area contributed by atoms with Crippen molar-refractivity contribution in [3.05, 3.63) is 11.6 Å². The molecule has 0 nitrogen and oxygen atoms in total. The molecule has 1 aliphatic carbocycles. The van der Waals surface area contributed by atoms with Crippen LogP contribution in [0.2, 0.25) is 0 Å². The van der Waals surface area contributed by atoms with Crippen LogP contribution in [0, 0.1) is 5.92 Å². The van der Waals surface area contributed by atoms with Crippen LogP contribution in [0.4, 0.5) is 0 Å². The molecule has 0 spiro atoms. The Morgan fingerprint density at radius 3 is 2.78 bits per heavy atom. The van der Waals surface area contributed by atoms with Crippen LogP contribution in [0.25, 0.3) is 0 Å². The van der Waals surface area contributed by atoms with Crippen molar-refractivity contribution in [3.8, 4) is 0 Å². The second-order valence-electron chi connectivity index (χ2n) is 2.73. The summed E-state index contributed by atoms with van der Waals surface area (Å²) in [6, 6.07) is 0. The summed E-state index contributed by atoms with van der Waals surface area (Å²) in [5.74, 6) is 1.94. The van der Waals surface area contributed by atoms with Crippen LogP contribution in [-0.2, 0) is 0 Å². The smallest absolute Gasteiger partial charge is 0.00632 e. The van der Waals surface area contributed by atoms with Gasteiger partial charge in [-0.1, -0.05) is 11.6 Å². The Bertz CT molecular complexity index is 112. The summed E-state index contributed by atoms with van der Waals surface area (Å²) in [4.78, 5) is 0. The van der Waals surface area contributed by atoms with E-state index in [1.54, 1.807) is 5.57 Å². The van der Waals surface area contributed by atoms with E-state index in [1.807, 2.05) is 0 Å². The van der Waals surface area contributed by atoms with Gasteiger partial charge in [0, 0.05) is 0 Å². The Morgan fingerprint density at radius 2 is 2.33 bits per heavy atom. The monoisotopic (exact) mass is 142 g/mol. The van der Waals surface area contributed by atoms with E-state index in [2.05, 4.69) is 25.6 Å².